The molecule has 3 fully saturated rings. The molecule has 13 heteroatoms. The first-order chi connectivity index (χ1) is 25.8. The number of carbonyl (C=O) groups is 1. The number of hydrogen-bond acceptors (Lipinski definition) is 10. The van der Waals surface area contributed by atoms with Crippen LogP contribution in [0.4, 0.5) is 4.79 Å². The summed E-state index contributed by atoms with van der Waals surface area (Å²) in [5, 5.41) is 12.1. The Kier molecular flexibility index (Phi) is 18.7. The first-order valence-electron chi connectivity index (χ1n) is 21.0. The van der Waals surface area contributed by atoms with E-state index in [0.29, 0.717) is 58.0 Å². The van der Waals surface area contributed by atoms with Crippen molar-refractivity contribution in [1.29, 1.82) is 0 Å². The molecule has 0 aromatic heterocycles. The average molecular weight is 788 g/mol. The van der Waals surface area contributed by atoms with Crippen molar-refractivity contribution in [2.45, 2.75) is 124 Å². The number of hydrogen-bond donors (Lipinski definition) is 3. The summed E-state index contributed by atoms with van der Waals surface area (Å²) in [7, 11) is -3.14. The van der Waals surface area contributed by atoms with Crippen molar-refractivity contribution in [3.8, 4) is 0 Å². The minimum absolute atomic E-state index is 0.0508. The molecule has 0 spiro atoms. The van der Waals surface area contributed by atoms with Crippen molar-refractivity contribution in [3.05, 3.63) is 11.6 Å². The lowest BCUT2D eigenvalue weighted by molar-refractivity contribution is -0.0581. The third-order valence-corrected chi connectivity index (χ3v) is 14.4. The van der Waals surface area contributed by atoms with E-state index in [4.69, 9.17) is 28.2 Å². The van der Waals surface area contributed by atoms with Crippen LogP contribution in [0.1, 0.15) is 112 Å². The third kappa shape index (κ3) is 13.0. The molecular weight excluding hydrogens is 713 g/mol. The number of phosphoric acid groups is 1. The van der Waals surface area contributed by atoms with Crippen LogP contribution in [-0.4, -0.2) is 101 Å². The number of nitrogens with one attached hydrogen (secondary N) is 1. The number of carbonyl (C=O) groups excluding carboxylic acids is 1. The first kappa shape index (κ1) is 45.6. The Balaban J connectivity index is 1.03. The summed E-state index contributed by atoms with van der Waals surface area (Å²) in [6, 6.07) is 0. The summed E-state index contributed by atoms with van der Waals surface area (Å²) in [5.41, 5.74) is 2.29. The van der Waals surface area contributed by atoms with Crippen LogP contribution in [0, 0.1) is 46.3 Å². The molecule has 0 heterocycles. The monoisotopic (exact) mass is 787 g/mol. The number of rotatable bonds is 25. The van der Waals surface area contributed by atoms with Gasteiger partial charge < -0.3 is 39.0 Å². The molecule has 0 aromatic carbocycles. The highest BCUT2D eigenvalue weighted by Crippen LogP contribution is 2.67. The summed E-state index contributed by atoms with van der Waals surface area (Å²) >= 11 is 0. The van der Waals surface area contributed by atoms with E-state index in [1.807, 2.05) is 0 Å². The van der Waals surface area contributed by atoms with E-state index in [9.17, 15) is 19.4 Å². The van der Waals surface area contributed by atoms with E-state index < -0.39 is 20.5 Å². The molecule has 4 aliphatic rings. The van der Waals surface area contributed by atoms with Gasteiger partial charge in [0.1, 0.15) is 12.2 Å². The zero-order valence-corrected chi connectivity index (χ0v) is 35.2. The van der Waals surface area contributed by atoms with Crippen molar-refractivity contribution in [1.82, 2.24) is 5.32 Å². The summed E-state index contributed by atoms with van der Waals surface area (Å²) in [5.74, 6) is 4.95. The summed E-state index contributed by atoms with van der Waals surface area (Å²) in [6.07, 6.45) is 15.7. The Morgan fingerprint density at radius 3 is 2.26 bits per heavy atom. The normalized spacial score (nSPS) is 31.5. The van der Waals surface area contributed by atoms with Gasteiger partial charge in [0, 0.05) is 26.7 Å². The lowest BCUT2D eigenvalue weighted by Gasteiger charge is -2.58. The van der Waals surface area contributed by atoms with Gasteiger partial charge >= 0.3 is 13.9 Å². The van der Waals surface area contributed by atoms with Crippen LogP contribution in [0.25, 0.3) is 0 Å². The third-order valence-electron chi connectivity index (χ3n) is 13.4. The van der Waals surface area contributed by atoms with Gasteiger partial charge in [-0.3, -0.25) is 9.05 Å². The van der Waals surface area contributed by atoms with Gasteiger partial charge in [-0.1, -0.05) is 65.5 Å². The van der Waals surface area contributed by atoms with Gasteiger partial charge in [0.25, 0.3) is 0 Å². The van der Waals surface area contributed by atoms with Crippen LogP contribution in [0.5, 0.6) is 0 Å². The van der Waals surface area contributed by atoms with E-state index in [0.717, 1.165) is 61.9 Å². The SMILES string of the molecule is COP(=O)(O)OC(CO)COCCOCCOCCOCCCNC(=O)O[C@H]1CC[C@@]2(C)C(=CC[C@H]3[C@@H]4CC[C@H]([C@H](C)CCCC(C)C)[C@@]4(C)CC[C@@H]32)C1. The van der Waals surface area contributed by atoms with E-state index in [1.165, 1.54) is 51.4 Å². The van der Waals surface area contributed by atoms with Crippen LogP contribution in [-0.2, 0) is 37.3 Å². The minimum atomic E-state index is -4.18. The van der Waals surface area contributed by atoms with Crippen molar-refractivity contribution in [2.75, 3.05) is 73.1 Å². The number of alkyl carbamates (subject to hydrolysis) is 1. The maximum atomic E-state index is 12.7. The van der Waals surface area contributed by atoms with Crippen molar-refractivity contribution in [2.24, 2.45) is 46.3 Å². The molecule has 3 saturated carbocycles. The van der Waals surface area contributed by atoms with Crippen molar-refractivity contribution < 1.29 is 52.1 Å². The second-order valence-corrected chi connectivity index (χ2v) is 18.8. The molecule has 314 valence electrons. The summed E-state index contributed by atoms with van der Waals surface area (Å²) in [6.45, 7) is 15.1. The Labute approximate surface area is 325 Å². The molecule has 0 bridgehead atoms. The highest BCUT2D eigenvalue weighted by molar-refractivity contribution is 7.47. The minimum Gasteiger partial charge on any atom is -0.446 e. The maximum absolute atomic E-state index is 12.7. The Bertz CT molecular complexity index is 1200. The largest absolute Gasteiger partial charge is 0.472 e. The number of aliphatic hydroxyl groups is 1. The van der Waals surface area contributed by atoms with Crippen LogP contribution < -0.4 is 5.32 Å². The maximum Gasteiger partial charge on any atom is 0.472 e. The van der Waals surface area contributed by atoms with E-state index in [-0.39, 0.29) is 30.8 Å². The molecule has 12 nitrogen and oxygen atoms in total. The Morgan fingerprint density at radius 1 is 0.907 bits per heavy atom. The van der Waals surface area contributed by atoms with Crippen molar-refractivity contribution in [3.63, 3.8) is 0 Å². The quantitative estimate of drug-likeness (QED) is 0.0474. The second-order valence-electron chi connectivity index (χ2n) is 17.3. The molecule has 0 radical (unpaired) electrons. The predicted molar refractivity (Wildman–Crippen MR) is 208 cm³/mol. The number of allylic oxidation sites excluding steroid dienone is 1. The standard InChI is InChI=1S/C41H74NO11P/c1-30(2)9-7-10-31(3)36-13-14-37-35-12-11-32-27-33(15-17-40(32,4)38(35)16-18-41(36,37)5)52-39(44)42-19-8-20-48-21-22-49-23-24-50-25-26-51-29-34(28-43)53-54(45,46)47-6/h11,30-31,33-38,43H,7-10,12-29H2,1-6H3,(H,42,44)(H,45,46)/t31-,33+,34?,35+,36-,37+,38+,40+,41-/m1/s1. The Morgan fingerprint density at radius 2 is 1.59 bits per heavy atom. The lowest BCUT2D eigenvalue weighted by atomic mass is 9.47. The highest BCUT2D eigenvalue weighted by Gasteiger charge is 2.59. The zero-order chi connectivity index (χ0) is 39.2. The van der Waals surface area contributed by atoms with E-state index in [1.54, 1.807) is 5.57 Å². The molecular formula is C41H74NO11P. The fourth-order valence-corrected chi connectivity index (χ4v) is 11.1. The van der Waals surface area contributed by atoms with Gasteiger partial charge in [0.15, 0.2) is 0 Å². The van der Waals surface area contributed by atoms with Crippen LogP contribution in [0.3, 0.4) is 0 Å². The average Bonchev–Trinajstić information content (AvgIpc) is 3.50. The topological polar surface area (TPSA) is 151 Å². The molecule has 10 atom stereocenters. The van der Waals surface area contributed by atoms with Crippen LogP contribution >= 0.6 is 7.82 Å². The van der Waals surface area contributed by atoms with E-state index in [2.05, 4.69) is 50.5 Å². The fourth-order valence-electron chi connectivity index (χ4n) is 10.5. The molecule has 54 heavy (non-hydrogen) atoms. The van der Waals surface area contributed by atoms with Gasteiger partial charge in [0.2, 0.25) is 0 Å². The van der Waals surface area contributed by atoms with Gasteiger partial charge in [-0.2, -0.15) is 0 Å². The molecule has 1 amide bonds. The molecule has 2 unspecified atom stereocenters. The fraction of sp³-hybridized carbons (Fsp3) is 0.927. The molecule has 0 aliphatic heterocycles. The lowest BCUT2D eigenvalue weighted by Crippen LogP contribution is -2.51. The first-order valence-corrected chi connectivity index (χ1v) is 22.4. The second kappa shape index (κ2) is 22.2. The number of aliphatic hydroxyl groups excluding tert-OH is 1. The zero-order valence-electron chi connectivity index (χ0n) is 34.3. The van der Waals surface area contributed by atoms with E-state index >= 15 is 0 Å². The summed E-state index contributed by atoms with van der Waals surface area (Å²) < 4.78 is 48.3. The number of phosphoric ester groups is 1. The van der Waals surface area contributed by atoms with Gasteiger partial charge in [0.05, 0.1) is 52.9 Å². The number of fused-ring (bicyclic) bond motifs is 5. The molecule has 0 aromatic rings. The number of ether oxygens (including phenoxy) is 5. The predicted octanol–water partition coefficient (Wildman–Crippen LogP) is 7.70. The smallest absolute Gasteiger partial charge is 0.446 e. The van der Waals surface area contributed by atoms with Gasteiger partial charge in [-0.25, -0.2) is 9.36 Å². The van der Waals surface area contributed by atoms with Gasteiger partial charge in [-0.05, 0) is 97.7 Å². The molecule has 0 saturated heterocycles. The molecule has 3 N–H and O–H groups in total. The van der Waals surface area contributed by atoms with Crippen LogP contribution in [0.2, 0.25) is 0 Å². The highest BCUT2D eigenvalue weighted by atomic mass is 31.2. The molecule has 4 rings (SSSR count). The Hall–Kier alpha value is -1.08. The number of amides is 1. The molecule has 4 aliphatic carbocycles. The van der Waals surface area contributed by atoms with Crippen LogP contribution in [0.15, 0.2) is 11.6 Å². The van der Waals surface area contributed by atoms with Gasteiger partial charge in [-0.15, -0.1) is 0 Å². The van der Waals surface area contributed by atoms with Crippen molar-refractivity contribution >= 4 is 13.9 Å². The summed E-state index contributed by atoms with van der Waals surface area (Å²) in [4.78, 5) is 22.0.